The van der Waals surface area contributed by atoms with Gasteiger partial charge in [-0.15, -0.1) is 0 Å². The molecule has 1 unspecified atom stereocenters. The van der Waals surface area contributed by atoms with Crippen LogP contribution in [0.25, 0.3) is 0 Å². The Morgan fingerprint density at radius 3 is 2.39 bits per heavy atom. The molecule has 0 bridgehead atoms. The lowest BCUT2D eigenvalue weighted by molar-refractivity contribution is -0.135. The van der Waals surface area contributed by atoms with Gasteiger partial charge in [0.15, 0.2) is 0 Å². The van der Waals surface area contributed by atoms with E-state index in [0.29, 0.717) is 6.42 Å². The monoisotopic (exact) mass is 260 g/mol. The number of aromatic nitrogens is 1. The summed E-state index contributed by atoms with van der Waals surface area (Å²) in [5, 5.41) is 3.29. The number of nitrogens with one attached hydrogen (secondary N) is 1. The number of hydrogen-bond donors (Lipinski definition) is 1. The smallest absolute Gasteiger partial charge is 0.308 e. The normalized spacial score (nSPS) is 15.4. The number of pyridine rings is 1. The van der Waals surface area contributed by atoms with Crippen molar-refractivity contribution in [2.75, 3.05) is 0 Å². The molecular formula is C13H19F3N2. The van der Waals surface area contributed by atoms with Gasteiger partial charge in [0, 0.05) is 30.9 Å². The second kappa shape index (κ2) is 6.73. The molecule has 102 valence electrons. The van der Waals surface area contributed by atoms with E-state index in [2.05, 4.69) is 10.3 Å². The first-order chi connectivity index (χ1) is 8.38. The van der Waals surface area contributed by atoms with E-state index in [1.165, 1.54) is 0 Å². The molecule has 1 heterocycles. The van der Waals surface area contributed by atoms with E-state index in [0.717, 1.165) is 5.56 Å². The first kappa shape index (κ1) is 15.0. The Hall–Kier alpha value is -1.10. The molecule has 0 radical (unpaired) electrons. The van der Waals surface area contributed by atoms with Crippen LogP contribution in [0.4, 0.5) is 13.2 Å². The zero-order valence-corrected chi connectivity index (χ0v) is 10.7. The minimum absolute atomic E-state index is 0.0653. The Kier molecular flexibility index (Phi) is 5.59. The molecule has 1 N–H and O–H groups in total. The second-order valence-corrected chi connectivity index (χ2v) is 4.58. The molecule has 0 amide bonds. The lowest BCUT2D eigenvalue weighted by Crippen LogP contribution is -2.29. The summed E-state index contributed by atoms with van der Waals surface area (Å²) in [5.41, 5.74) is 1.09. The van der Waals surface area contributed by atoms with Crippen LogP contribution in [0.1, 0.15) is 44.7 Å². The van der Waals surface area contributed by atoms with Crippen LogP contribution < -0.4 is 5.32 Å². The van der Waals surface area contributed by atoms with Crippen LogP contribution >= 0.6 is 0 Å². The Balaban J connectivity index is 2.30. The molecule has 0 aliphatic carbocycles. The number of rotatable bonds is 6. The lowest BCUT2D eigenvalue weighted by Gasteiger charge is -2.20. The number of nitrogens with zero attached hydrogens (tertiary/aromatic N) is 1. The SMILES string of the molecule is CC(CCCC(F)(F)F)N[C@@H](C)c1ccncc1. The van der Waals surface area contributed by atoms with Gasteiger partial charge in [-0.25, -0.2) is 0 Å². The lowest BCUT2D eigenvalue weighted by atomic mass is 10.1. The predicted octanol–water partition coefficient (Wildman–Crippen LogP) is 3.85. The van der Waals surface area contributed by atoms with E-state index in [1.807, 2.05) is 26.0 Å². The molecule has 1 aromatic heterocycles. The Morgan fingerprint density at radius 2 is 1.83 bits per heavy atom. The molecule has 0 saturated heterocycles. The van der Waals surface area contributed by atoms with Crippen LogP contribution in [0.2, 0.25) is 0 Å². The fraction of sp³-hybridized carbons (Fsp3) is 0.615. The van der Waals surface area contributed by atoms with Crippen molar-refractivity contribution in [1.29, 1.82) is 0 Å². The molecule has 2 nitrogen and oxygen atoms in total. The van der Waals surface area contributed by atoms with Crippen LogP contribution in [-0.4, -0.2) is 17.2 Å². The zero-order chi connectivity index (χ0) is 13.6. The summed E-state index contributed by atoms with van der Waals surface area (Å²) in [7, 11) is 0. The molecule has 0 fully saturated rings. The van der Waals surface area contributed by atoms with Crippen molar-refractivity contribution in [1.82, 2.24) is 10.3 Å². The van der Waals surface area contributed by atoms with Crippen LogP contribution in [0, 0.1) is 0 Å². The highest BCUT2D eigenvalue weighted by Crippen LogP contribution is 2.23. The molecule has 0 aliphatic heterocycles. The molecule has 5 heteroatoms. The van der Waals surface area contributed by atoms with Gasteiger partial charge in [-0.2, -0.15) is 13.2 Å². The van der Waals surface area contributed by atoms with Crippen molar-refractivity contribution < 1.29 is 13.2 Å². The molecule has 1 aromatic rings. The molecule has 0 aliphatic rings. The molecule has 18 heavy (non-hydrogen) atoms. The zero-order valence-electron chi connectivity index (χ0n) is 10.7. The maximum Gasteiger partial charge on any atom is 0.389 e. The number of hydrogen-bond acceptors (Lipinski definition) is 2. The topological polar surface area (TPSA) is 24.9 Å². The fourth-order valence-corrected chi connectivity index (χ4v) is 1.87. The fourth-order valence-electron chi connectivity index (χ4n) is 1.87. The standard InChI is InChI=1S/C13H19F3N2/c1-10(4-3-7-13(14,15)16)18-11(2)12-5-8-17-9-6-12/h5-6,8-11,18H,3-4,7H2,1-2H3/t10?,11-/m0/s1. The van der Waals surface area contributed by atoms with Crippen molar-refractivity contribution in [2.45, 2.75) is 51.4 Å². The summed E-state index contributed by atoms with van der Waals surface area (Å²) < 4.78 is 36.0. The third kappa shape index (κ3) is 6.00. The van der Waals surface area contributed by atoms with Crippen molar-refractivity contribution in [3.63, 3.8) is 0 Å². The Labute approximate surface area is 106 Å². The van der Waals surface area contributed by atoms with Crippen molar-refractivity contribution in [3.8, 4) is 0 Å². The van der Waals surface area contributed by atoms with E-state index in [4.69, 9.17) is 0 Å². The van der Waals surface area contributed by atoms with Gasteiger partial charge in [0.05, 0.1) is 0 Å². The highest BCUT2D eigenvalue weighted by Gasteiger charge is 2.26. The van der Waals surface area contributed by atoms with Crippen molar-refractivity contribution >= 4 is 0 Å². The minimum atomic E-state index is -4.05. The van der Waals surface area contributed by atoms with Gasteiger partial charge in [0.1, 0.15) is 0 Å². The van der Waals surface area contributed by atoms with Crippen LogP contribution in [0.5, 0.6) is 0 Å². The molecule has 0 aromatic carbocycles. The highest BCUT2D eigenvalue weighted by atomic mass is 19.4. The maximum atomic E-state index is 12.0. The van der Waals surface area contributed by atoms with Gasteiger partial charge < -0.3 is 5.32 Å². The third-order valence-corrected chi connectivity index (χ3v) is 2.84. The maximum absolute atomic E-state index is 12.0. The Bertz CT molecular complexity index is 338. The minimum Gasteiger partial charge on any atom is -0.308 e. The van der Waals surface area contributed by atoms with Gasteiger partial charge in [0.25, 0.3) is 0 Å². The van der Waals surface area contributed by atoms with Crippen LogP contribution in [-0.2, 0) is 0 Å². The molecule has 1 rings (SSSR count). The quantitative estimate of drug-likeness (QED) is 0.840. The average molecular weight is 260 g/mol. The number of halogens is 3. The summed E-state index contributed by atoms with van der Waals surface area (Å²) in [6.07, 6.45) is -0.640. The number of alkyl halides is 3. The average Bonchev–Trinajstić information content (AvgIpc) is 2.28. The van der Waals surface area contributed by atoms with Gasteiger partial charge in [-0.3, -0.25) is 4.98 Å². The highest BCUT2D eigenvalue weighted by molar-refractivity contribution is 5.14. The largest absolute Gasteiger partial charge is 0.389 e. The van der Waals surface area contributed by atoms with Crippen LogP contribution in [0.3, 0.4) is 0 Å². The third-order valence-electron chi connectivity index (χ3n) is 2.84. The predicted molar refractivity (Wildman–Crippen MR) is 65.2 cm³/mol. The van der Waals surface area contributed by atoms with Crippen molar-refractivity contribution in [3.05, 3.63) is 30.1 Å². The van der Waals surface area contributed by atoms with E-state index < -0.39 is 12.6 Å². The summed E-state index contributed by atoms with van der Waals surface area (Å²) in [6, 6.07) is 3.99. The summed E-state index contributed by atoms with van der Waals surface area (Å²) in [6.45, 7) is 3.91. The second-order valence-electron chi connectivity index (χ2n) is 4.58. The summed E-state index contributed by atoms with van der Waals surface area (Å²) in [4.78, 5) is 3.93. The van der Waals surface area contributed by atoms with Gasteiger partial charge in [-0.05, 0) is 44.4 Å². The first-order valence-corrected chi connectivity index (χ1v) is 6.11. The summed E-state index contributed by atoms with van der Waals surface area (Å²) >= 11 is 0. The van der Waals surface area contributed by atoms with Gasteiger partial charge in [-0.1, -0.05) is 0 Å². The molecule has 2 atom stereocenters. The van der Waals surface area contributed by atoms with E-state index in [-0.39, 0.29) is 18.5 Å². The van der Waals surface area contributed by atoms with Gasteiger partial charge in [0.2, 0.25) is 0 Å². The first-order valence-electron chi connectivity index (χ1n) is 6.11. The molecule has 0 saturated carbocycles. The molecular weight excluding hydrogens is 241 g/mol. The van der Waals surface area contributed by atoms with Crippen LogP contribution in [0.15, 0.2) is 24.5 Å². The Morgan fingerprint density at radius 1 is 1.22 bits per heavy atom. The van der Waals surface area contributed by atoms with E-state index >= 15 is 0 Å². The van der Waals surface area contributed by atoms with Crippen molar-refractivity contribution in [2.24, 2.45) is 0 Å². The van der Waals surface area contributed by atoms with E-state index in [1.54, 1.807) is 12.4 Å². The molecule has 0 spiro atoms. The summed E-state index contributed by atoms with van der Waals surface area (Å²) in [5.74, 6) is 0. The van der Waals surface area contributed by atoms with Gasteiger partial charge >= 0.3 is 6.18 Å². The van der Waals surface area contributed by atoms with E-state index in [9.17, 15) is 13.2 Å².